The number of carbonyl (C=O) groups is 1. The number of carbonyl (C=O) groups excluding carboxylic acids is 1. The first-order valence-electron chi connectivity index (χ1n) is 5.41. The number of benzene rings is 2. The van der Waals surface area contributed by atoms with Crippen LogP contribution < -0.4 is 4.74 Å². The molecule has 0 aliphatic carbocycles. The lowest BCUT2D eigenvalue weighted by Gasteiger charge is -2.11. The van der Waals surface area contributed by atoms with Gasteiger partial charge in [0, 0.05) is 11.1 Å². The van der Waals surface area contributed by atoms with E-state index in [0.717, 1.165) is 0 Å². The Morgan fingerprint density at radius 1 is 1.21 bits per heavy atom. The molecule has 0 spiro atoms. The first-order chi connectivity index (χ1) is 8.99. The van der Waals surface area contributed by atoms with Crippen LogP contribution in [0.5, 0.6) is 11.5 Å². The quantitative estimate of drug-likeness (QED) is 0.735. The molecule has 0 heterocycles. The monoisotopic (exact) mass is 298 g/mol. The summed E-state index contributed by atoms with van der Waals surface area (Å²) in [6.45, 7) is 1.33. The summed E-state index contributed by atoms with van der Waals surface area (Å²) in [6.07, 6.45) is 0. The number of hydrogen-bond acceptors (Lipinski definition) is 2. The van der Waals surface area contributed by atoms with Crippen LogP contribution in [0.4, 0.5) is 4.39 Å². The van der Waals surface area contributed by atoms with Gasteiger partial charge < -0.3 is 4.74 Å². The lowest BCUT2D eigenvalue weighted by atomic mass is 10.1. The molecule has 0 saturated heterocycles. The average Bonchev–Trinajstić information content (AvgIpc) is 2.35. The third-order valence-corrected chi connectivity index (χ3v) is 3.00. The minimum atomic E-state index is -0.635. The van der Waals surface area contributed by atoms with Gasteiger partial charge in [-0.25, -0.2) is 4.39 Å². The zero-order valence-corrected chi connectivity index (χ0v) is 11.4. The number of ketones is 1. The number of hydrogen-bond donors (Lipinski definition) is 0. The van der Waals surface area contributed by atoms with Crippen LogP contribution in [0.25, 0.3) is 0 Å². The fourth-order valence-corrected chi connectivity index (χ4v) is 1.87. The van der Waals surface area contributed by atoms with Crippen LogP contribution in [0, 0.1) is 5.82 Å². The van der Waals surface area contributed by atoms with Crippen LogP contribution in [0.1, 0.15) is 17.3 Å². The molecule has 0 fully saturated rings. The van der Waals surface area contributed by atoms with Crippen molar-refractivity contribution in [3.63, 3.8) is 0 Å². The Labute approximate surface area is 119 Å². The molecule has 0 saturated carbocycles. The summed E-state index contributed by atoms with van der Waals surface area (Å²) in [7, 11) is 0. The SMILES string of the molecule is CC(=O)c1cccc(F)c1Oc1cc(Cl)ccc1Cl. The number of ether oxygens (including phenoxy) is 1. The van der Waals surface area contributed by atoms with Gasteiger partial charge in [-0.2, -0.15) is 0 Å². The van der Waals surface area contributed by atoms with E-state index in [4.69, 9.17) is 27.9 Å². The van der Waals surface area contributed by atoms with E-state index in [-0.39, 0.29) is 27.9 Å². The van der Waals surface area contributed by atoms with Gasteiger partial charge in [0.1, 0.15) is 5.75 Å². The van der Waals surface area contributed by atoms with Crippen molar-refractivity contribution in [1.82, 2.24) is 0 Å². The molecule has 0 radical (unpaired) electrons. The summed E-state index contributed by atoms with van der Waals surface area (Å²) in [6, 6.07) is 8.72. The molecule has 0 amide bonds. The predicted octanol–water partition coefficient (Wildman–Crippen LogP) is 5.13. The van der Waals surface area contributed by atoms with E-state index in [1.54, 1.807) is 6.07 Å². The first-order valence-corrected chi connectivity index (χ1v) is 6.17. The van der Waals surface area contributed by atoms with E-state index >= 15 is 0 Å². The average molecular weight is 299 g/mol. The van der Waals surface area contributed by atoms with Crippen LogP contribution in [0.15, 0.2) is 36.4 Å². The predicted molar refractivity (Wildman–Crippen MR) is 72.9 cm³/mol. The fraction of sp³-hybridized carbons (Fsp3) is 0.0714. The molecule has 0 aliphatic rings. The van der Waals surface area contributed by atoms with E-state index in [2.05, 4.69) is 0 Å². The molecule has 2 rings (SSSR count). The number of para-hydroxylation sites is 1. The zero-order valence-electron chi connectivity index (χ0n) is 9.91. The smallest absolute Gasteiger partial charge is 0.173 e. The van der Waals surface area contributed by atoms with E-state index in [1.165, 1.54) is 37.3 Å². The van der Waals surface area contributed by atoms with Gasteiger partial charge >= 0.3 is 0 Å². The first kappa shape index (κ1) is 13.8. The minimum absolute atomic E-state index is 0.149. The van der Waals surface area contributed by atoms with Crippen LogP contribution in [0.2, 0.25) is 10.0 Å². The normalized spacial score (nSPS) is 10.3. The molecular weight excluding hydrogens is 290 g/mol. The molecule has 2 aromatic rings. The van der Waals surface area contributed by atoms with Crippen molar-refractivity contribution in [3.8, 4) is 11.5 Å². The summed E-state index contributed by atoms with van der Waals surface area (Å²) >= 11 is 11.8. The molecule has 98 valence electrons. The Balaban J connectivity index is 2.49. The fourth-order valence-electron chi connectivity index (χ4n) is 1.56. The third-order valence-electron chi connectivity index (χ3n) is 2.45. The van der Waals surface area contributed by atoms with E-state index in [1.807, 2.05) is 0 Å². The second-order valence-electron chi connectivity index (χ2n) is 3.85. The van der Waals surface area contributed by atoms with Crippen molar-refractivity contribution in [2.24, 2.45) is 0 Å². The zero-order chi connectivity index (χ0) is 14.0. The second kappa shape index (κ2) is 5.59. The molecule has 5 heteroatoms. The third kappa shape index (κ3) is 3.06. The molecule has 0 bridgehead atoms. The summed E-state index contributed by atoms with van der Waals surface area (Å²) in [5.74, 6) is -0.891. The van der Waals surface area contributed by atoms with Crippen molar-refractivity contribution in [3.05, 3.63) is 57.8 Å². The Bertz CT molecular complexity index is 641. The highest BCUT2D eigenvalue weighted by atomic mass is 35.5. The van der Waals surface area contributed by atoms with Gasteiger partial charge in [0.15, 0.2) is 17.3 Å². The highest BCUT2D eigenvalue weighted by Crippen LogP contribution is 2.34. The summed E-state index contributed by atoms with van der Waals surface area (Å²) in [4.78, 5) is 11.5. The van der Waals surface area contributed by atoms with Crippen LogP contribution >= 0.6 is 23.2 Å². The molecule has 0 aliphatic heterocycles. The van der Waals surface area contributed by atoms with Gasteiger partial charge in [0.25, 0.3) is 0 Å². The Kier molecular flexibility index (Phi) is 4.08. The summed E-state index contributed by atoms with van der Waals surface area (Å²) in [5.41, 5.74) is 0.149. The molecule has 0 aromatic heterocycles. The van der Waals surface area contributed by atoms with Gasteiger partial charge in [-0.1, -0.05) is 29.3 Å². The van der Waals surface area contributed by atoms with Gasteiger partial charge in [0.05, 0.1) is 10.6 Å². The molecule has 19 heavy (non-hydrogen) atoms. The maximum Gasteiger partial charge on any atom is 0.173 e. The molecule has 2 aromatic carbocycles. The maximum atomic E-state index is 13.8. The largest absolute Gasteiger partial charge is 0.452 e. The molecular formula is C14H9Cl2FO2. The van der Waals surface area contributed by atoms with Crippen LogP contribution in [-0.2, 0) is 0 Å². The van der Waals surface area contributed by atoms with Gasteiger partial charge in [-0.3, -0.25) is 4.79 Å². The second-order valence-corrected chi connectivity index (χ2v) is 4.69. The van der Waals surface area contributed by atoms with E-state index in [9.17, 15) is 9.18 Å². The van der Waals surface area contributed by atoms with Gasteiger partial charge in [0.2, 0.25) is 0 Å². The lowest BCUT2D eigenvalue weighted by Crippen LogP contribution is -1.99. The highest BCUT2D eigenvalue weighted by molar-refractivity contribution is 6.34. The van der Waals surface area contributed by atoms with Gasteiger partial charge in [-0.05, 0) is 31.2 Å². The van der Waals surface area contributed by atoms with Crippen molar-refractivity contribution in [2.45, 2.75) is 6.92 Å². The van der Waals surface area contributed by atoms with Crippen LogP contribution in [0.3, 0.4) is 0 Å². The Morgan fingerprint density at radius 2 is 1.95 bits per heavy atom. The number of Topliss-reactive ketones (excluding diaryl/α,β-unsaturated/α-hetero) is 1. The van der Waals surface area contributed by atoms with E-state index < -0.39 is 5.82 Å². The lowest BCUT2D eigenvalue weighted by molar-refractivity contribution is 0.101. The maximum absolute atomic E-state index is 13.8. The van der Waals surface area contributed by atoms with Crippen LogP contribution in [-0.4, -0.2) is 5.78 Å². The Morgan fingerprint density at radius 3 is 2.63 bits per heavy atom. The van der Waals surface area contributed by atoms with Gasteiger partial charge in [-0.15, -0.1) is 0 Å². The topological polar surface area (TPSA) is 26.3 Å². The van der Waals surface area contributed by atoms with Crippen molar-refractivity contribution < 1.29 is 13.9 Å². The minimum Gasteiger partial charge on any atom is -0.452 e. The number of rotatable bonds is 3. The van der Waals surface area contributed by atoms with Crippen molar-refractivity contribution in [2.75, 3.05) is 0 Å². The van der Waals surface area contributed by atoms with Crippen molar-refractivity contribution in [1.29, 1.82) is 0 Å². The summed E-state index contributed by atoms with van der Waals surface area (Å²) < 4.78 is 19.2. The highest BCUT2D eigenvalue weighted by Gasteiger charge is 2.15. The molecule has 0 N–H and O–H groups in total. The Hall–Kier alpha value is -1.58. The molecule has 2 nitrogen and oxygen atoms in total. The van der Waals surface area contributed by atoms with Crippen molar-refractivity contribution >= 4 is 29.0 Å². The summed E-state index contributed by atoms with van der Waals surface area (Å²) in [5, 5.41) is 0.683. The molecule has 0 unspecified atom stereocenters. The van der Waals surface area contributed by atoms with E-state index in [0.29, 0.717) is 5.02 Å². The number of halogens is 3. The molecule has 0 atom stereocenters. The standard InChI is InChI=1S/C14H9Cl2FO2/c1-8(18)10-3-2-4-12(17)14(10)19-13-7-9(15)5-6-11(13)16/h2-7H,1H3.